The minimum Gasteiger partial charge on any atom is -0.376 e. The molecule has 1 amide bonds. The van der Waals surface area contributed by atoms with Gasteiger partial charge in [0.15, 0.2) is 0 Å². The lowest BCUT2D eigenvalue weighted by molar-refractivity contribution is -0.114. The van der Waals surface area contributed by atoms with Gasteiger partial charge in [-0.2, -0.15) is 0 Å². The lowest BCUT2D eigenvalue weighted by atomic mass is 10.1. The number of nitrogens with one attached hydrogen (secondary N) is 2. The second-order valence-electron chi connectivity index (χ2n) is 5.30. The molecule has 0 aromatic heterocycles. The van der Waals surface area contributed by atoms with Crippen LogP contribution in [0.3, 0.4) is 0 Å². The summed E-state index contributed by atoms with van der Waals surface area (Å²) in [5.74, 6) is -0.110. The average Bonchev–Trinajstić information content (AvgIpc) is 2.44. The fourth-order valence-corrected chi connectivity index (χ4v) is 2.65. The summed E-state index contributed by atoms with van der Waals surface area (Å²) in [6.07, 6.45) is 0. The lowest BCUT2D eigenvalue weighted by Gasteiger charge is -2.13. The minimum absolute atomic E-state index is 0.110. The van der Waals surface area contributed by atoms with Gasteiger partial charge in [-0.15, -0.1) is 0 Å². The van der Waals surface area contributed by atoms with Crippen molar-refractivity contribution in [1.29, 1.82) is 0 Å². The Bertz CT molecular complexity index is 691. The van der Waals surface area contributed by atoms with Crippen LogP contribution in [-0.4, -0.2) is 12.5 Å². The molecule has 0 saturated heterocycles. The summed E-state index contributed by atoms with van der Waals surface area (Å²) in [6.45, 7) is 6.17. The van der Waals surface area contributed by atoms with Crippen molar-refractivity contribution in [3.63, 3.8) is 0 Å². The van der Waals surface area contributed by atoms with Gasteiger partial charge in [-0.05, 0) is 50.1 Å². The third-order valence-electron chi connectivity index (χ3n) is 3.31. The van der Waals surface area contributed by atoms with Crippen LogP contribution < -0.4 is 10.6 Å². The summed E-state index contributed by atoms with van der Waals surface area (Å²) in [5, 5.41) is 6.91. The highest BCUT2D eigenvalue weighted by Gasteiger charge is 2.08. The predicted octanol–water partition coefficient (Wildman–Crippen LogP) is 4.97. The van der Waals surface area contributed by atoms with E-state index in [1.165, 1.54) is 5.56 Å². The van der Waals surface area contributed by atoms with Gasteiger partial charge in [0.05, 0.1) is 16.6 Å². The molecule has 0 spiro atoms. The van der Waals surface area contributed by atoms with E-state index in [0.717, 1.165) is 22.5 Å². The molecule has 0 bridgehead atoms. The molecule has 0 saturated carbocycles. The molecule has 2 N–H and O–H groups in total. The number of anilines is 2. The molecule has 22 heavy (non-hydrogen) atoms. The molecule has 5 heteroatoms. The maximum absolute atomic E-state index is 12.1. The van der Waals surface area contributed by atoms with Crippen molar-refractivity contribution >= 4 is 40.5 Å². The second-order valence-corrected chi connectivity index (χ2v) is 6.12. The Morgan fingerprint density at radius 3 is 2.23 bits per heavy atom. The Labute approximate surface area is 140 Å². The Hall–Kier alpha value is -1.71. The van der Waals surface area contributed by atoms with Crippen LogP contribution in [0, 0.1) is 20.8 Å². The van der Waals surface area contributed by atoms with E-state index >= 15 is 0 Å². The SMILES string of the molecule is Cc1cc(C)c(NC(=O)CNc2ccc(Cl)c(Cl)c2)c(C)c1. The fourth-order valence-electron chi connectivity index (χ4n) is 2.35. The van der Waals surface area contributed by atoms with Crippen molar-refractivity contribution in [2.75, 3.05) is 17.2 Å². The van der Waals surface area contributed by atoms with Crippen LogP contribution >= 0.6 is 23.2 Å². The van der Waals surface area contributed by atoms with Gasteiger partial charge in [-0.3, -0.25) is 4.79 Å². The first-order valence-electron chi connectivity index (χ1n) is 6.93. The van der Waals surface area contributed by atoms with Gasteiger partial charge in [0.1, 0.15) is 0 Å². The summed E-state index contributed by atoms with van der Waals surface area (Å²) in [7, 11) is 0. The Balaban J connectivity index is 2.00. The zero-order valence-electron chi connectivity index (χ0n) is 12.8. The largest absolute Gasteiger partial charge is 0.376 e. The third kappa shape index (κ3) is 4.15. The molecule has 0 heterocycles. The van der Waals surface area contributed by atoms with Crippen LogP contribution in [0.4, 0.5) is 11.4 Å². The van der Waals surface area contributed by atoms with Crippen molar-refractivity contribution in [1.82, 2.24) is 0 Å². The molecule has 0 radical (unpaired) electrons. The predicted molar refractivity (Wildman–Crippen MR) is 94.2 cm³/mol. The summed E-state index contributed by atoms with van der Waals surface area (Å²) in [4.78, 5) is 12.1. The number of aryl methyl sites for hydroxylation is 3. The summed E-state index contributed by atoms with van der Waals surface area (Å²) in [5.41, 5.74) is 4.91. The molecule has 116 valence electrons. The van der Waals surface area contributed by atoms with E-state index in [1.807, 2.05) is 20.8 Å². The molecule has 2 aromatic carbocycles. The summed E-state index contributed by atoms with van der Waals surface area (Å²) >= 11 is 11.8. The second kappa shape index (κ2) is 7.03. The maximum atomic E-state index is 12.1. The van der Waals surface area contributed by atoms with E-state index < -0.39 is 0 Å². The molecule has 0 unspecified atom stereocenters. The van der Waals surface area contributed by atoms with Gasteiger partial charge in [-0.25, -0.2) is 0 Å². The zero-order valence-corrected chi connectivity index (χ0v) is 14.3. The first-order chi connectivity index (χ1) is 10.4. The molecular weight excluding hydrogens is 319 g/mol. The maximum Gasteiger partial charge on any atom is 0.243 e. The molecule has 2 aromatic rings. The number of carbonyl (C=O) groups excluding carboxylic acids is 1. The van der Waals surface area contributed by atoms with Gasteiger partial charge in [-0.1, -0.05) is 40.9 Å². The summed E-state index contributed by atoms with van der Waals surface area (Å²) < 4.78 is 0. The number of rotatable bonds is 4. The van der Waals surface area contributed by atoms with E-state index in [2.05, 4.69) is 22.8 Å². The number of amides is 1. The van der Waals surface area contributed by atoms with Crippen LogP contribution in [0.25, 0.3) is 0 Å². The highest BCUT2D eigenvalue weighted by Crippen LogP contribution is 2.25. The van der Waals surface area contributed by atoms with E-state index in [4.69, 9.17) is 23.2 Å². The van der Waals surface area contributed by atoms with Crippen molar-refractivity contribution in [3.8, 4) is 0 Å². The first kappa shape index (κ1) is 16.7. The van der Waals surface area contributed by atoms with Crippen LogP contribution in [0.1, 0.15) is 16.7 Å². The molecule has 0 fully saturated rings. The van der Waals surface area contributed by atoms with Crippen LogP contribution in [0.15, 0.2) is 30.3 Å². The smallest absolute Gasteiger partial charge is 0.243 e. The highest BCUT2D eigenvalue weighted by molar-refractivity contribution is 6.42. The average molecular weight is 337 g/mol. The van der Waals surface area contributed by atoms with E-state index in [9.17, 15) is 4.79 Å². The molecule has 2 rings (SSSR count). The number of carbonyl (C=O) groups is 1. The number of hydrogen-bond donors (Lipinski definition) is 2. The van der Waals surface area contributed by atoms with Crippen LogP contribution in [0.2, 0.25) is 10.0 Å². The van der Waals surface area contributed by atoms with Crippen LogP contribution in [-0.2, 0) is 4.79 Å². The standard InChI is InChI=1S/C17H18Cl2N2O/c1-10-6-11(2)17(12(3)7-10)21-16(22)9-20-13-4-5-14(18)15(19)8-13/h4-8,20H,9H2,1-3H3,(H,21,22). The van der Waals surface area contributed by atoms with Crippen LogP contribution in [0.5, 0.6) is 0 Å². The highest BCUT2D eigenvalue weighted by atomic mass is 35.5. The van der Waals surface area contributed by atoms with E-state index in [-0.39, 0.29) is 12.5 Å². The topological polar surface area (TPSA) is 41.1 Å². The van der Waals surface area contributed by atoms with Gasteiger partial charge < -0.3 is 10.6 Å². The first-order valence-corrected chi connectivity index (χ1v) is 7.69. The van der Waals surface area contributed by atoms with Crippen molar-refractivity contribution < 1.29 is 4.79 Å². The Morgan fingerprint density at radius 1 is 1.00 bits per heavy atom. The fraction of sp³-hybridized carbons (Fsp3) is 0.235. The molecule has 0 aliphatic carbocycles. The minimum atomic E-state index is -0.110. The van der Waals surface area contributed by atoms with E-state index in [0.29, 0.717) is 10.0 Å². The normalized spacial score (nSPS) is 10.4. The van der Waals surface area contributed by atoms with Gasteiger partial charge in [0, 0.05) is 11.4 Å². The molecule has 0 aliphatic heterocycles. The molecular formula is C17H18Cl2N2O. The molecule has 0 atom stereocenters. The molecule has 3 nitrogen and oxygen atoms in total. The van der Waals surface area contributed by atoms with Crippen molar-refractivity contribution in [3.05, 3.63) is 57.1 Å². The molecule has 0 aliphatic rings. The van der Waals surface area contributed by atoms with E-state index in [1.54, 1.807) is 18.2 Å². The summed E-state index contributed by atoms with van der Waals surface area (Å²) in [6, 6.07) is 9.27. The zero-order chi connectivity index (χ0) is 16.3. The lowest BCUT2D eigenvalue weighted by Crippen LogP contribution is -2.22. The Morgan fingerprint density at radius 2 is 1.64 bits per heavy atom. The Kier molecular flexibility index (Phi) is 5.33. The van der Waals surface area contributed by atoms with Crippen molar-refractivity contribution in [2.45, 2.75) is 20.8 Å². The third-order valence-corrected chi connectivity index (χ3v) is 4.05. The number of benzene rings is 2. The van der Waals surface area contributed by atoms with Gasteiger partial charge >= 0.3 is 0 Å². The number of hydrogen-bond acceptors (Lipinski definition) is 2. The van der Waals surface area contributed by atoms with Crippen molar-refractivity contribution in [2.24, 2.45) is 0 Å². The number of halogens is 2. The monoisotopic (exact) mass is 336 g/mol. The van der Waals surface area contributed by atoms with Gasteiger partial charge in [0.2, 0.25) is 5.91 Å². The quantitative estimate of drug-likeness (QED) is 0.827. The van der Waals surface area contributed by atoms with Gasteiger partial charge in [0.25, 0.3) is 0 Å².